The molecule has 148 valence electrons. The molecule has 2 aromatic rings. The van der Waals surface area contributed by atoms with E-state index >= 15 is 0 Å². The van der Waals surface area contributed by atoms with Crippen LogP contribution in [-0.4, -0.2) is 0 Å². The summed E-state index contributed by atoms with van der Waals surface area (Å²) in [4.78, 5) is 0. The number of benzene rings is 2. The SMILES string of the molecule is CCCCc1ccc(C)cc1C(CCCC)(CCCC)c1cccc(C)c1. The van der Waals surface area contributed by atoms with Crippen molar-refractivity contribution in [3.63, 3.8) is 0 Å². The Morgan fingerprint density at radius 3 is 1.93 bits per heavy atom. The zero-order chi connectivity index (χ0) is 19.7. The maximum absolute atomic E-state index is 2.51. The normalized spacial score (nSPS) is 11.7. The lowest BCUT2D eigenvalue weighted by Crippen LogP contribution is -2.30. The van der Waals surface area contributed by atoms with Gasteiger partial charge in [0.2, 0.25) is 0 Å². The van der Waals surface area contributed by atoms with Crippen LogP contribution in [0.1, 0.15) is 100.0 Å². The molecule has 0 saturated carbocycles. The van der Waals surface area contributed by atoms with E-state index in [9.17, 15) is 0 Å². The molecule has 0 atom stereocenters. The molecule has 0 heterocycles. The van der Waals surface area contributed by atoms with Gasteiger partial charge in [-0.1, -0.05) is 106 Å². The summed E-state index contributed by atoms with van der Waals surface area (Å²) in [6, 6.07) is 16.6. The highest BCUT2D eigenvalue weighted by molar-refractivity contribution is 5.46. The Bertz CT molecular complexity index is 687. The smallest absolute Gasteiger partial charge is 0.0205 e. The predicted molar refractivity (Wildman–Crippen MR) is 121 cm³/mol. The Morgan fingerprint density at radius 1 is 0.704 bits per heavy atom. The number of unbranched alkanes of at least 4 members (excludes halogenated alkanes) is 3. The van der Waals surface area contributed by atoms with Crippen LogP contribution in [0.15, 0.2) is 42.5 Å². The second kappa shape index (κ2) is 10.7. The zero-order valence-electron chi connectivity index (χ0n) is 18.4. The molecule has 0 aliphatic rings. The van der Waals surface area contributed by atoms with Gasteiger partial charge in [0.25, 0.3) is 0 Å². The largest absolute Gasteiger partial charge is 0.0654 e. The van der Waals surface area contributed by atoms with E-state index in [1.807, 2.05) is 0 Å². The summed E-state index contributed by atoms with van der Waals surface area (Å²) >= 11 is 0. The van der Waals surface area contributed by atoms with Crippen molar-refractivity contribution in [3.8, 4) is 0 Å². The summed E-state index contributed by atoms with van der Waals surface area (Å²) in [5.41, 5.74) is 7.67. The van der Waals surface area contributed by atoms with Crippen LogP contribution in [0.4, 0.5) is 0 Å². The van der Waals surface area contributed by atoms with Gasteiger partial charge < -0.3 is 0 Å². The molecule has 2 rings (SSSR count). The molecule has 0 radical (unpaired) electrons. The van der Waals surface area contributed by atoms with E-state index < -0.39 is 0 Å². The van der Waals surface area contributed by atoms with Crippen LogP contribution in [0.25, 0.3) is 0 Å². The third kappa shape index (κ3) is 5.47. The molecule has 0 N–H and O–H groups in total. The summed E-state index contributed by atoms with van der Waals surface area (Å²) in [7, 11) is 0. The van der Waals surface area contributed by atoms with Crippen LogP contribution >= 0.6 is 0 Å². The minimum atomic E-state index is 0.160. The molecule has 0 unspecified atom stereocenters. The molecule has 0 aliphatic carbocycles. The summed E-state index contributed by atoms with van der Waals surface area (Å²) < 4.78 is 0. The molecule has 0 nitrogen and oxygen atoms in total. The van der Waals surface area contributed by atoms with Crippen molar-refractivity contribution in [1.29, 1.82) is 0 Å². The molecule has 0 aliphatic heterocycles. The standard InChI is InChI=1S/C27H40/c1-6-9-14-24-17-16-23(5)21-26(24)27(18-10-7-2,19-11-8-3)25-15-12-13-22(4)20-25/h12-13,15-17,20-21H,6-11,14,18-19H2,1-5H3. The van der Waals surface area contributed by atoms with Crippen LogP contribution in [0.2, 0.25) is 0 Å². The monoisotopic (exact) mass is 364 g/mol. The average molecular weight is 365 g/mol. The third-order valence-corrected chi connectivity index (χ3v) is 6.07. The van der Waals surface area contributed by atoms with Crippen LogP contribution < -0.4 is 0 Å². The van der Waals surface area contributed by atoms with Gasteiger partial charge in [-0.05, 0) is 56.2 Å². The first-order valence-corrected chi connectivity index (χ1v) is 11.2. The fourth-order valence-electron chi connectivity index (χ4n) is 4.46. The van der Waals surface area contributed by atoms with Gasteiger partial charge in [-0.25, -0.2) is 0 Å². The van der Waals surface area contributed by atoms with Crippen LogP contribution in [-0.2, 0) is 11.8 Å². The summed E-state index contributed by atoms with van der Waals surface area (Å²) in [5.74, 6) is 0. The molecule has 0 amide bonds. The number of aryl methyl sites for hydroxylation is 3. The highest BCUT2D eigenvalue weighted by Crippen LogP contribution is 2.44. The average Bonchev–Trinajstić information content (AvgIpc) is 2.67. The van der Waals surface area contributed by atoms with Gasteiger partial charge in [0.1, 0.15) is 0 Å². The lowest BCUT2D eigenvalue weighted by atomic mass is 9.66. The Labute approximate surface area is 168 Å². The first-order valence-electron chi connectivity index (χ1n) is 11.2. The summed E-state index contributed by atoms with van der Waals surface area (Å²) in [6.45, 7) is 11.5. The first kappa shape index (κ1) is 21.7. The highest BCUT2D eigenvalue weighted by atomic mass is 14.4. The minimum absolute atomic E-state index is 0.160. The molecule has 0 bridgehead atoms. The van der Waals surface area contributed by atoms with E-state index in [0.29, 0.717) is 0 Å². The Balaban J connectivity index is 2.68. The molecule has 27 heavy (non-hydrogen) atoms. The van der Waals surface area contributed by atoms with Crippen molar-refractivity contribution >= 4 is 0 Å². The zero-order valence-corrected chi connectivity index (χ0v) is 18.4. The van der Waals surface area contributed by atoms with Gasteiger partial charge in [0.05, 0.1) is 0 Å². The van der Waals surface area contributed by atoms with Crippen molar-refractivity contribution in [1.82, 2.24) is 0 Å². The summed E-state index contributed by atoms with van der Waals surface area (Å²) in [5, 5.41) is 0. The van der Waals surface area contributed by atoms with Gasteiger partial charge in [0, 0.05) is 5.41 Å². The molecular formula is C27H40. The van der Waals surface area contributed by atoms with Crippen molar-refractivity contribution in [3.05, 3.63) is 70.3 Å². The predicted octanol–water partition coefficient (Wildman–Crippen LogP) is 8.31. The molecule has 0 spiro atoms. The fraction of sp³-hybridized carbons (Fsp3) is 0.556. The molecule has 0 aromatic heterocycles. The Hall–Kier alpha value is -1.56. The molecular weight excluding hydrogens is 324 g/mol. The second-order valence-electron chi connectivity index (χ2n) is 8.42. The maximum Gasteiger partial charge on any atom is 0.0205 e. The van der Waals surface area contributed by atoms with Gasteiger partial charge in [-0.2, -0.15) is 0 Å². The van der Waals surface area contributed by atoms with Gasteiger partial charge in [-0.15, -0.1) is 0 Å². The van der Waals surface area contributed by atoms with E-state index in [1.54, 1.807) is 11.1 Å². The van der Waals surface area contributed by atoms with Crippen molar-refractivity contribution in [2.24, 2.45) is 0 Å². The van der Waals surface area contributed by atoms with Crippen LogP contribution in [0.5, 0.6) is 0 Å². The lowest BCUT2D eigenvalue weighted by molar-refractivity contribution is 0.402. The van der Waals surface area contributed by atoms with Gasteiger partial charge in [-0.3, -0.25) is 0 Å². The molecule has 0 fully saturated rings. The van der Waals surface area contributed by atoms with Crippen LogP contribution in [0.3, 0.4) is 0 Å². The molecule has 0 saturated heterocycles. The van der Waals surface area contributed by atoms with Crippen molar-refractivity contribution in [2.75, 3.05) is 0 Å². The number of hydrogen-bond donors (Lipinski definition) is 0. The Morgan fingerprint density at radius 2 is 1.33 bits per heavy atom. The van der Waals surface area contributed by atoms with Crippen molar-refractivity contribution < 1.29 is 0 Å². The topological polar surface area (TPSA) is 0 Å². The lowest BCUT2D eigenvalue weighted by Gasteiger charge is -2.38. The first-order chi connectivity index (χ1) is 13.1. The van der Waals surface area contributed by atoms with E-state index in [2.05, 4.69) is 77.1 Å². The Kier molecular flexibility index (Phi) is 8.61. The van der Waals surface area contributed by atoms with Crippen LogP contribution in [0, 0.1) is 13.8 Å². The number of rotatable bonds is 11. The van der Waals surface area contributed by atoms with E-state index in [1.165, 1.54) is 74.5 Å². The second-order valence-corrected chi connectivity index (χ2v) is 8.42. The third-order valence-electron chi connectivity index (χ3n) is 6.07. The van der Waals surface area contributed by atoms with Crippen molar-refractivity contribution in [2.45, 2.75) is 97.8 Å². The maximum atomic E-state index is 2.51. The summed E-state index contributed by atoms with van der Waals surface area (Å²) in [6.07, 6.45) is 11.4. The van der Waals surface area contributed by atoms with Gasteiger partial charge in [0.15, 0.2) is 0 Å². The quantitative estimate of drug-likeness (QED) is 0.376. The van der Waals surface area contributed by atoms with E-state index in [4.69, 9.17) is 0 Å². The minimum Gasteiger partial charge on any atom is -0.0654 e. The highest BCUT2D eigenvalue weighted by Gasteiger charge is 2.35. The fourth-order valence-corrected chi connectivity index (χ4v) is 4.46. The molecule has 0 heteroatoms. The van der Waals surface area contributed by atoms with E-state index in [-0.39, 0.29) is 5.41 Å². The van der Waals surface area contributed by atoms with E-state index in [0.717, 1.165) is 0 Å². The number of hydrogen-bond acceptors (Lipinski definition) is 0. The van der Waals surface area contributed by atoms with Gasteiger partial charge >= 0.3 is 0 Å². The molecule has 2 aromatic carbocycles.